The van der Waals surface area contributed by atoms with Crippen molar-refractivity contribution in [2.45, 2.75) is 6.42 Å². The minimum Gasteiger partial charge on any atom is -0.711 e. The standard InChI is InChI=1S/C10H15N3O/c14-13-8-2-1-4-10(13)12-7-3-5-11-6-9-12/h1-2,4,8,11H,3,5-7,9H2. The van der Waals surface area contributed by atoms with Crippen molar-refractivity contribution in [3.05, 3.63) is 29.6 Å². The highest BCUT2D eigenvalue weighted by Crippen LogP contribution is 2.08. The van der Waals surface area contributed by atoms with Gasteiger partial charge in [0.1, 0.15) is 0 Å². The van der Waals surface area contributed by atoms with Crippen molar-refractivity contribution in [3.8, 4) is 0 Å². The Morgan fingerprint density at radius 1 is 1.29 bits per heavy atom. The summed E-state index contributed by atoms with van der Waals surface area (Å²) in [5.41, 5.74) is 0. The molecular formula is C10H15N3O. The second-order valence-corrected chi connectivity index (χ2v) is 3.48. The molecule has 1 aliphatic rings. The minimum absolute atomic E-state index is 0.760. The van der Waals surface area contributed by atoms with Crippen LogP contribution >= 0.6 is 0 Å². The Bertz CT molecular complexity index is 295. The summed E-state index contributed by atoms with van der Waals surface area (Å²) in [4.78, 5) is 2.13. The molecule has 0 bridgehead atoms. The van der Waals surface area contributed by atoms with Crippen molar-refractivity contribution < 1.29 is 4.73 Å². The molecule has 1 saturated heterocycles. The summed E-state index contributed by atoms with van der Waals surface area (Å²) in [5.74, 6) is 0.760. The number of pyridine rings is 1. The monoisotopic (exact) mass is 193 g/mol. The van der Waals surface area contributed by atoms with E-state index in [9.17, 15) is 5.21 Å². The molecule has 14 heavy (non-hydrogen) atoms. The van der Waals surface area contributed by atoms with Gasteiger partial charge in [-0.3, -0.25) is 4.90 Å². The Kier molecular flexibility index (Phi) is 2.84. The van der Waals surface area contributed by atoms with E-state index in [0.717, 1.165) is 43.1 Å². The van der Waals surface area contributed by atoms with Gasteiger partial charge in [-0.25, -0.2) is 4.73 Å². The molecule has 1 aromatic rings. The van der Waals surface area contributed by atoms with Crippen molar-refractivity contribution in [1.82, 2.24) is 5.32 Å². The number of aromatic nitrogens is 1. The fraction of sp³-hybridized carbons (Fsp3) is 0.500. The average Bonchev–Trinajstić information content (AvgIpc) is 2.47. The third kappa shape index (κ3) is 1.96. The smallest absolute Gasteiger partial charge is 0.279 e. The van der Waals surface area contributed by atoms with E-state index in [1.54, 1.807) is 12.3 Å². The zero-order chi connectivity index (χ0) is 9.80. The number of hydrogen-bond acceptors (Lipinski definition) is 3. The van der Waals surface area contributed by atoms with Crippen LogP contribution in [-0.4, -0.2) is 26.2 Å². The Balaban J connectivity index is 2.16. The molecule has 1 N–H and O–H groups in total. The Hall–Kier alpha value is -1.29. The summed E-state index contributed by atoms with van der Waals surface area (Å²) in [6.07, 6.45) is 2.64. The van der Waals surface area contributed by atoms with Gasteiger partial charge in [-0.1, -0.05) is 6.07 Å². The van der Waals surface area contributed by atoms with Gasteiger partial charge in [0.15, 0.2) is 0 Å². The molecular weight excluding hydrogens is 178 g/mol. The molecule has 0 aliphatic carbocycles. The number of rotatable bonds is 1. The summed E-state index contributed by atoms with van der Waals surface area (Å²) < 4.78 is 0.936. The minimum atomic E-state index is 0.760. The van der Waals surface area contributed by atoms with Crippen molar-refractivity contribution in [1.29, 1.82) is 0 Å². The lowest BCUT2D eigenvalue weighted by Gasteiger charge is -2.18. The molecule has 2 heterocycles. The largest absolute Gasteiger partial charge is 0.711 e. The number of hydrogen-bond donors (Lipinski definition) is 1. The van der Waals surface area contributed by atoms with Crippen LogP contribution in [0.2, 0.25) is 0 Å². The fourth-order valence-electron chi connectivity index (χ4n) is 1.74. The van der Waals surface area contributed by atoms with Crippen molar-refractivity contribution in [2.24, 2.45) is 0 Å². The first-order valence-electron chi connectivity index (χ1n) is 5.02. The predicted octanol–water partition coefficient (Wildman–Crippen LogP) is 0.120. The highest BCUT2D eigenvalue weighted by Gasteiger charge is 2.17. The van der Waals surface area contributed by atoms with Crippen LogP contribution in [0, 0.1) is 5.21 Å². The van der Waals surface area contributed by atoms with Gasteiger partial charge < -0.3 is 10.5 Å². The van der Waals surface area contributed by atoms with Crippen LogP contribution < -0.4 is 14.9 Å². The molecule has 4 nitrogen and oxygen atoms in total. The van der Waals surface area contributed by atoms with Crippen molar-refractivity contribution >= 4 is 5.82 Å². The van der Waals surface area contributed by atoms with E-state index in [1.165, 1.54) is 0 Å². The molecule has 1 aromatic heterocycles. The molecule has 0 aromatic carbocycles. The molecule has 0 atom stereocenters. The molecule has 0 amide bonds. The van der Waals surface area contributed by atoms with E-state index in [1.807, 2.05) is 12.1 Å². The van der Waals surface area contributed by atoms with Crippen LogP contribution in [0.25, 0.3) is 0 Å². The third-order valence-corrected chi connectivity index (χ3v) is 2.47. The molecule has 0 saturated carbocycles. The molecule has 2 rings (SSSR count). The van der Waals surface area contributed by atoms with E-state index in [2.05, 4.69) is 10.2 Å². The highest BCUT2D eigenvalue weighted by atomic mass is 16.5. The highest BCUT2D eigenvalue weighted by molar-refractivity contribution is 5.32. The summed E-state index contributed by atoms with van der Waals surface area (Å²) in [6, 6.07) is 5.53. The van der Waals surface area contributed by atoms with Gasteiger partial charge in [0.05, 0.1) is 19.3 Å². The van der Waals surface area contributed by atoms with Gasteiger partial charge >= 0.3 is 0 Å². The van der Waals surface area contributed by atoms with Crippen LogP contribution in [0.4, 0.5) is 5.82 Å². The maximum Gasteiger partial charge on any atom is 0.279 e. The Labute approximate surface area is 83.7 Å². The molecule has 0 spiro atoms. The lowest BCUT2D eigenvalue weighted by atomic mass is 10.3. The van der Waals surface area contributed by atoms with E-state index < -0.39 is 0 Å². The quantitative estimate of drug-likeness (QED) is 0.509. The van der Waals surface area contributed by atoms with Gasteiger partial charge in [-0.15, -0.1) is 0 Å². The lowest BCUT2D eigenvalue weighted by molar-refractivity contribution is -0.592. The van der Waals surface area contributed by atoms with Gasteiger partial charge in [0.25, 0.3) is 5.82 Å². The van der Waals surface area contributed by atoms with E-state index in [4.69, 9.17) is 0 Å². The first kappa shape index (κ1) is 9.27. The molecule has 1 fully saturated rings. The van der Waals surface area contributed by atoms with Gasteiger partial charge in [-0.2, -0.15) is 0 Å². The van der Waals surface area contributed by atoms with E-state index >= 15 is 0 Å². The first-order valence-corrected chi connectivity index (χ1v) is 5.02. The normalized spacial score (nSPS) is 17.9. The maximum absolute atomic E-state index is 11.5. The van der Waals surface area contributed by atoms with Crippen LogP contribution in [0.3, 0.4) is 0 Å². The summed E-state index contributed by atoms with van der Waals surface area (Å²) in [7, 11) is 0. The van der Waals surface area contributed by atoms with Crippen molar-refractivity contribution in [3.63, 3.8) is 0 Å². The van der Waals surface area contributed by atoms with E-state index in [-0.39, 0.29) is 0 Å². The van der Waals surface area contributed by atoms with Gasteiger partial charge in [0.2, 0.25) is 0 Å². The van der Waals surface area contributed by atoms with Gasteiger partial charge in [0, 0.05) is 12.6 Å². The zero-order valence-corrected chi connectivity index (χ0v) is 8.15. The Morgan fingerprint density at radius 3 is 3.07 bits per heavy atom. The number of anilines is 1. The van der Waals surface area contributed by atoms with Crippen molar-refractivity contribution in [2.75, 3.05) is 31.1 Å². The lowest BCUT2D eigenvalue weighted by Crippen LogP contribution is -2.39. The second-order valence-electron chi connectivity index (χ2n) is 3.48. The van der Waals surface area contributed by atoms with Crippen LogP contribution in [-0.2, 0) is 0 Å². The van der Waals surface area contributed by atoms with E-state index in [0.29, 0.717) is 0 Å². The number of nitrogens with zero attached hydrogens (tertiary/aromatic N) is 2. The Morgan fingerprint density at radius 2 is 2.21 bits per heavy atom. The SMILES string of the molecule is [O-][n+]1ccccc1N1CCCNCC1. The summed E-state index contributed by atoms with van der Waals surface area (Å²) in [5, 5.41) is 14.8. The number of nitrogens with one attached hydrogen (secondary N) is 1. The third-order valence-electron chi connectivity index (χ3n) is 2.47. The average molecular weight is 193 g/mol. The zero-order valence-electron chi connectivity index (χ0n) is 8.15. The van der Waals surface area contributed by atoms with Crippen LogP contribution in [0.15, 0.2) is 24.4 Å². The fourth-order valence-corrected chi connectivity index (χ4v) is 1.74. The first-order chi connectivity index (χ1) is 6.88. The topological polar surface area (TPSA) is 42.2 Å². The molecule has 0 radical (unpaired) electrons. The molecule has 0 unspecified atom stereocenters. The maximum atomic E-state index is 11.5. The summed E-state index contributed by atoms with van der Waals surface area (Å²) in [6.45, 7) is 3.86. The predicted molar refractivity (Wildman–Crippen MR) is 55.1 cm³/mol. The molecule has 76 valence electrons. The molecule has 1 aliphatic heterocycles. The van der Waals surface area contributed by atoms with Crippen LogP contribution in [0.5, 0.6) is 0 Å². The summed E-state index contributed by atoms with van der Waals surface area (Å²) >= 11 is 0. The second kappa shape index (κ2) is 4.28. The van der Waals surface area contributed by atoms with Gasteiger partial charge in [-0.05, 0) is 19.0 Å². The van der Waals surface area contributed by atoms with Crippen LogP contribution in [0.1, 0.15) is 6.42 Å². The molecule has 4 heteroatoms.